The van der Waals surface area contributed by atoms with Crippen LogP contribution in [0.4, 0.5) is 0 Å². The maximum atomic E-state index is 11.4. The first-order valence-electron chi connectivity index (χ1n) is 3.86. The van der Waals surface area contributed by atoms with Crippen LogP contribution < -0.4 is 0 Å². The number of rotatable bonds is 1. The molecule has 0 N–H and O–H groups in total. The van der Waals surface area contributed by atoms with Crippen molar-refractivity contribution in [2.24, 2.45) is 0 Å². The van der Waals surface area contributed by atoms with Crippen LogP contribution in [0.3, 0.4) is 0 Å². The van der Waals surface area contributed by atoms with Crippen molar-refractivity contribution in [3.05, 3.63) is 6.42 Å². The lowest BCUT2D eigenvalue weighted by molar-refractivity contribution is -0.132. The Hall–Kier alpha value is -0.570. The SMILES string of the molecule is CN(C)C(=O)[C@@H]1C[CH]CN1C. The number of hydrogen-bond donors (Lipinski definition) is 0. The van der Waals surface area contributed by atoms with Crippen molar-refractivity contribution in [3.63, 3.8) is 0 Å². The minimum atomic E-state index is 0.0880. The molecule has 1 amide bonds. The molecule has 0 aliphatic carbocycles. The summed E-state index contributed by atoms with van der Waals surface area (Å²) in [6.45, 7) is 0.935. The Morgan fingerprint density at radius 2 is 2.27 bits per heavy atom. The average Bonchev–Trinajstić information content (AvgIpc) is 2.33. The predicted octanol–water partition coefficient (Wildman–Crippen LogP) is -0.0170. The Labute approximate surface area is 68.0 Å². The van der Waals surface area contributed by atoms with Crippen molar-refractivity contribution in [1.82, 2.24) is 9.80 Å². The van der Waals surface area contributed by atoms with E-state index in [2.05, 4.69) is 11.3 Å². The third kappa shape index (κ3) is 1.71. The number of nitrogens with zero attached hydrogens (tertiary/aromatic N) is 2. The van der Waals surface area contributed by atoms with Gasteiger partial charge in [-0.3, -0.25) is 9.69 Å². The Morgan fingerprint density at radius 1 is 1.64 bits per heavy atom. The topological polar surface area (TPSA) is 23.6 Å². The van der Waals surface area contributed by atoms with Gasteiger partial charge in [-0.25, -0.2) is 0 Å². The molecule has 0 unspecified atom stereocenters. The van der Waals surface area contributed by atoms with Crippen LogP contribution in [0.15, 0.2) is 0 Å². The lowest BCUT2D eigenvalue weighted by Gasteiger charge is -2.21. The maximum Gasteiger partial charge on any atom is 0.239 e. The maximum absolute atomic E-state index is 11.4. The summed E-state index contributed by atoms with van der Waals surface area (Å²) in [7, 11) is 5.58. The fraction of sp³-hybridized carbons (Fsp3) is 0.750. The van der Waals surface area contributed by atoms with Crippen LogP contribution in [-0.4, -0.2) is 49.4 Å². The summed E-state index contributed by atoms with van der Waals surface area (Å²) in [5, 5.41) is 0. The Bertz CT molecular complexity index is 156. The van der Waals surface area contributed by atoms with E-state index in [-0.39, 0.29) is 11.9 Å². The van der Waals surface area contributed by atoms with Gasteiger partial charge in [0.1, 0.15) is 0 Å². The zero-order valence-electron chi connectivity index (χ0n) is 7.37. The first kappa shape index (κ1) is 8.53. The fourth-order valence-corrected chi connectivity index (χ4v) is 1.33. The average molecular weight is 155 g/mol. The van der Waals surface area contributed by atoms with Crippen LogP contribution in [0, 0.1) is 6.42 Å². The summed E-state index contributed by atoms with van der Waals surface area (Å²) in [5.41, 5.74) is 0. The summed E-state index contributed by atoms with van der Waals surface area (Å²) in [4.78, 5) is 15.1. The van der Waals surface area contributed by atoms with Crippen molar-refractivity contribution in [2.75, 3.05) is 27.7 Å². The van der Waals surface area contributed by atoms with E-state index in [4.69, 9.17) is 0 Å². The van der Waals surface area contributed by atoms with Gasteiger partial charge in [-0.15, -0.1) is 0 Å². The van der Waals surface area contributed by atoms with Crippen LogP contribution in [0.25, 0.3) is 0 Å². The monoisotopic (exact) mass is 155 g/mol. The highest BCUT2D eigenvalue weighted by molar-refractivity contribution is 5.81. The molecule has 0 bridgehead atoms. The van der Waals surface area contributed by atoms with E-state index in [0.29, 0.717) is 0 Å². The van der Waals surface area contributed by atoms with Gasteiger partial charge in [0.15, 0.2) is 0 Å². The van der Waals surface area contributed by atoms with Gasteiger partial charge in [-0.2, -0.15) is 0 Å². The largest absolute Gasteiger partial charge is 0.347 e. The minimum absolute atomic E-state index is 0.0880. The molecular formula is C8H15N2O. The van der Waals surface area contributed by atoms with Crippen LogP contribution in [0.1, 0.15) is 6.42 Å². The summed E-state index contributed by atoms with van der Waals surface area (Å²) in [6, 6.07) is 0.0880. The Kier molecular flexibility index (Phi) is 2.49. The Morgan fingerprint density at radius 3 is 2.64 bits per heavy atom. The number of likely N-dealkylation sites (N-methyl/N-ethyl adjacent to an activating group) is 2. The molecule has 1 atom stereocenters. The van der Waals surface area contributed by atoms with E-state index >= 15 is 0 Å². The van der Waals surface area contributed by atoms with E-state index < -0.39 is 0 Å². The second kappa shape index (κ2) is 3.22. The zero-order chi connectivity index (χ0) is 8.43. The van der Waals surface area contributed by atoms with Gasteiger partial charge < -0.3 is 4.90 Å². The molecule has 1 heterocycles. The molecule has 1 aliphatic heterocycles. The predicted molar refractivity (Wildman–Crippen MR) is 44.0 cm³/mol. The van der Waals surface area contributed by atoms with Gasteiger partial charge in [0.25, 0.3) is 0 Å². The van der Waals surface area contributed by atoms with E-state index in [1.54, 1.807) is 19.0 Å². The van der Waals surface area contributed by atoms with Crippen LogP contribution >= 0.6 is 0 Å². The zero-order valence-corrected chi connectivity index (χ0v) is 7.37. The highest BCUT2D eigenvalue weighted by Gasteiger charge is 2.28. The van der Waals surface area contributed by atoms with Crippen molar-refractivity contribution in [3.8, 4) is 0 Å². The fourth-order valence-electron chi connectivity index (χ4n) is 1.33. The lowest BCUT2D eigenvalue weighted by Crippen LogP contribution is -2.40. The van der Waals surface area contributed by atoms with Crippen molar-refractivity contribution in [2.45, 2.75) is 12.5 Å². The highest BCUT2D eigenvalue weighted by atomic mass is 16.2. The number of carbonyl (C=O) groups excluding carboxylic acids is 1. The molecule has 0 aromatic rings. The highest BCUT2D eigenvalue weighted by Crippen LogP contribution is 2.14. The summed E-state index contributed by atoms with van der Waals surface area (Å²) in [6.07, 6.45) is 3.04. The molecule has 1 rings (SSSR count). The molecule has 1 aliphatic rings. The van der Waals surface area contributed by atoms with Gasteiger partial charge in [0.05, 0.1) is 6.04 Å². The Balaban J connectivity index is 2.53. The summed E-state index contributed by atoms with van der Waals surface area (Å²) >= 11 is 0. The van der Waals surface area contributed by atoms with E-state index in [1.807, 2.05) is 7.05 Å². The van der Waals surface area contributed by atoms with Crippen molar-refractivity contribution in [1.29, 1.82) is 0 Å². The molecule has 0 aromatic heterocycles. The molecule has 1 saturated heterocycles. The van der Waals surface area contributed by atoms with Crippen molar-refractivity contribution < 1.29 is 4.79 Å². The number of hydrogen-bond acceptors (Lipinski definition) is 2. The minimum Gasteiger partial charge on any atom is -0.347 e. The molecule has 3 nitrogen and oxygen atoms in total. The van der Waals surface area contributed by atoms with Gasteiger partial charge >= 0.3 is 0 Å². The molecular weight excluding hydrogens is 140 g/mol. The number of carbonyl (C=O) groups is 1. The first-order valence-corrected chi connectivity index (χ1v) is 3.86. The molecule has 11 heavy (non-hydrogen) atoms. The van der Waals surface area contributed by atoms with Gasteiger partial charge in [-0.05, 0) is 19.9 Å². The molecule has 63 valence electrons. The molecule has 3 heteroatoms. The van der Waals surface area contributed by atoms with Crippen LogP contribution in [-0.2, 0) is 4.79 Å². The third-order valence-corrected chi connectivity index (χ3v) is 2.06. The normalized spacial score (nSPS) is 25.5. The number of likely N-dealkylation sites (tertiary alicyclic amines) is 1. The summed E-state index contributed by atoms with van der Waals surface area (Å²) < 4.78 is 0. The van der Waals surface area contributed by atoms with Gasteiger partial charge in [-0.1, -0.05) is 0 Å². The molecule has 1 fully saturated rings. The van der Waals surface area contributed by atoms with E-state index in [0.717, 1.165) is 13.0 Å². The van der Waals surface area contributed by atoms with Crippen molar-refractivity contribution >= 4 is 5.91 Å². The quantitative estimate of drug-likeness (QED) is 0.531. The molecule has 0 aromatic carbocycles. The van der Waals surface area contributed by atoms with Crippen LogP contribution in [0.2, 0.25) is 0 Å². The summed E-state index contributed by atoms with van der Waals surface area (Å²) in [5.74, 6) is 0.209. The lowest BCUT2D eigenvalue weighted by atomic mass is 10.2. The molecule has 1 radical (unpaired) electrons. The second-order valence-electron chi connectivity index (χ2n) is 3.21. The van der Waals surface area contributed by atoms with Crippen LogP contribution in [0.5, 0.6) is 0 Å². The van der Waals surface area contributed by atoms with E-state index in [9.17, 15) is 4.79 Å². The number of amides is 1. The second-order valence-corrected chi connectivity index (χ2v) is 3.21. The third-order valence-electron chi connectivity index (χ3n) is 2.06. The standard InChI is InChI=1S/C8H15N2O/c1-9(2)8(11)7-5-4-6-10(7)3/h4,7H,5-6H2,1-3H3/t7-/m0/s1. The van der Waals surface area contributed by atoms with Gasteiger partial charge in [0.2, 0.25) is 5.91 Å². The molecule has 0 spiro atoms. The first-order chi connectivity index (χ1) is 5.13. The van der Waals surface area contributed by atoms with E-state index in [1.165, 1.54) is 0 Å². The smallest absolute Gasteiger partial charge is 0.239 e. The molecule has 0 saturated carbocycles. The van der Waals surface area contributed by atoms with Gasteiger partial charge in [0, 0.05) is 20.6 Å².